The van der Waals surface area contributed by atoms with E-state index < -0.39 is 0 Å². The van der Waals surface area contributed by atoms with E-state index in [1.165, 1.54) is 5.56 Å². The second kappa shape index (κ2) is 8.14. The number of aryl methyl sites for hydroxylation is 1. The van der Waals surface area contributed by atoms with Crippen LogP contribution in [0.25, 0.3) is 39.6 Å². The number of aromatic nitrogens is 5. The molecule has 4 aromatic heterocycles. The third-order valence-corrected chi connectivity index (χ3v) is 5.71. The molecule has 5 heterocycles. The van der Waals surface area contributed by atoms with Gasteiger partial charge in [0.25, 0.3) is 5.95 Å². The van der Waals surface area contributed by atoms with Gasteiger partial charge in [0.05, 0.1) is 19.4 Å². The predicted octanol–water partition coefficient (Wildman–Crippen LogP) is 4.28. The Bertz CT molecular complexity index is 1420. The van der Waals surface area contributed by atoms with Crippen LogP contribution in [0.4, 0.5) is 5.82 Å². The first-order chi connectivity index (χ1) is 16.2. The zero-order valence-corrected chi connectivity index (χ0v) is 18.2. The van der Waals surface area contributed by atoms with Crippen molar-refractivity contribution in [3.05, 3.63) is 72.7 Å². The number of pyridine rings is 1. The monoisotopic (exact) mass is 438 g/mol. The Morgan fingerprint density at radius 1 is 0.939 bits per heavy atom. The van der Waals surface area contributed by atoms with Gasteiger partial charge in [-0.1, -0.05) is 35.9 Å². The van der Waals surface area contributed by atoms with Crippen LogP contribution >= 0.6 is 0 Å². The third kappa shape index (κ3) is 3.74. The summed E-state index contributed by atoms with van der Waals surface area (Å²) in [5.74, 6) is 1.90. The Morgan fingerprint density at radius 2 is 1.85 bits per heavy atom. The molecule has 0 bridgehead atoms. The maximum absolute atomic E-state index is 6.22. The van der Waals surface area contributed by atoms with Crippen LogP contribution in [0.2, 0.25) is 0 Å². The molecule has 0 spiro atoms. The summed E-state index contributed by atoms with van der Waals surface area (Å²) in [6, 6.07) is 16.0. The van der Waals surface area contributed by atoms with Gasteiger partial charge in [-0.3, -0.25) is 4.98 Å². The lowest BCUT2D eigenvalue weighted by molar-refractivity contribution is 0.122. The number of nitrogens with zero attached hydrogens (tertiary/aromatic N) is 6. The number of fused-ring (bicyclic) bond motifs is 1. The van der Waals surface area contributed by atoms with Crippen LogP contribution in [-0.2, 0) is 4.74 Å². The predicted molar refractivity (Wildman–Crippen MR) is 125 cm³/mol. The summed E-state index contributed by atoms with van der Waals surface area (Å²) < 4.78 is 13.5. The Balaban J connectivity index is 1.47. The highest BCUT2D eigenvalue weighted by molar-refractivity contribution is 5.88. The first-order valence-electron chi connectivity index (χ1n) is 10.9. The SMILES string of the molecule is Cc1cccc(-c2cnn(-c3nc(N4CCOCC4)c4oc(-c5ccccn5)cc4n3)c2)c1. The van der Waals surface area contributed by atoms with Gasteiger partial charge in [0.2, 0.25) is 0 Å². The van der Waals surface area contributed by atoms with Crippen LogP contribution in [-0.4, -0.2) is 51.0 Å². The van der Waals surface area contributed by atoms with Crippen LogP contribution in [0, 0.1) is 6.92 Å². The normalized spacial score (nSPS) is 14.2. The molecule has 1 aliphatic rings. The molecule has 8 heteroatoms. The quantitative estimate of drug-likeness (QED) is 0.414. The van der Waals surface area contributed by atoms with Crippen molar-refractivity contribution < 1.29 is 9.15 Å². The number of rotatable bonds is 4. The molecule has 0 radical (unpaired) electrons. The molecule has 0 amide bonds. The van der Waals surface area contributed by atoms with E-state index in [2.05, 4.69) is 40.1 Å². The molecule has 6 rings (SSSR count). The van der Waals surface area contributed by atoms with Crippen molar-refractivity contribution in [2.75, 3.05) is 31.2 Å². The minimum absolute atomic E-state index is 0.497. The molecule has 33 heavy (non-hydrogen) atoms. The Hall–Kier alpha value is -4.04. The Kier molecular flexibility index (Phi) is 4.84. The summed E-state index contributed by atoms with van der Waals surface area (Å²) >= 11 is 0. The minimum atomic E-state index is 0.497. The molecule has 1 aromatic carbocycles. The first-order valence-corrected chi connectivity index (χ1v) is 10.9. The summed E-state index contributed by atoms with van der Waals surface area (Å²) in [6.07, 6.45) is 5.54. The molecular formula is C25H22N6O2. The lowest BCUT2D eigenvalue weighted by Crippen LogP contribution is -2.37. The highest BCUT2D eigenvalue weighted by Crippen LogP contribution is 2.32. The van der Waals surface area contributed by atoms with Gasteiger partial charge in [-0.2, -0.15) is 10.1 Å². The number of morpholine rings is 1. The number of anilines is 1. The van der Waals surface area contributed by atoms with Crippen molar-refractivity contribution in [3.8, 4) is 28.5 Å². The number of benzene rings is 1. The second-order valence-electron chi connectivity index (χ2n) is 8.03. The van der Waals surface area contributed by atoms with Crippen molar-refractivity contribution in [3.63, 3.8) is 0 Å². The summed E-state index contributed by atoms with van der Waals surface area (Å²) in [5.41, 5.74) is 5.44. The number of hydrogen-bond donors (Lipinski definition) is 0. The molecule has 0 unspecified atom stereocenters. The highest BCUT2D eigenvalue weighted by atomic mass is 16.5. The average molecular weight is 438 g/mol. The van der Waals surface area contributed by atoms with Gasteiger partial charge in [0, 0.05) is 37.1 Å². The van der Waals surface area contributed by atoms with Gasteiger partial charge in [-0.25, -0.2) is 9.67 Å². The minimum Gasteiger partial charge on any atom is -0.449 e. The van der Waals surface area contributed by atoms with Gasteiger partial charge < -0.3 is 14.1 Å². The fourth-order valence-electron chi connectivity index (χ4n) is 4.04. The number of ether oxygens (including phenoxy) is 1. The van der Waals surface area contributed by atoms with E-state index in [0.29, 0.717) is 30.5 Å². The van der Waals surface area contributed by atoms with E-state index in [4.69, 9.17) is 19.1 Å². The van der Waals surface area contributed by atoms with Gasteiger partial charge >= 0.3 is 0 Å². The van der Waals surface area contributed by atoms with E-state index in [1.807, 2.05) is 42.7 Å². The first kappa shape index (κ1) is 19.6. The van der Waals surface area contributed by atoms with Crippen LogP contribution in [0.3, 0.4) is 0 Å². The lowest BCUT2D eigenvalue weighted by atomic mass is 10.1. The zero-order chi connectivity index (χ0) is 22.2. The van der Waals surface area contributed by atoms with E-state index in [-0.39, 0.29) is 0 Å². The van der Waals surface area contributed by atoms with Crippen LogP contribution in [0.1, 0.15) is 5.56 Å². The smallest absolute Gasteiger partial charge is 0.253 e. The zero-order valence-electron chi connectivity index (χ0n) is 18.2. The van der Waals surface area contributed by atoms with Crippen LogP contribution < -0.4 is 4.90 Å². The van der Waals surface area contributed by atoms with Crippen LogP contribution in [0.15, 0.2) is 71.5 Å². The van der Waals surface area contributed by atoms with E-state index >= 15 is 0 Å². The number of furan rings is 1. The summed E-state index contributed by atoms with van der Waals surface area (Å²) in [5, 5.41) is 4.56. The Morgan fingerprint density at radius 3 is 2.67 bits per heavy atom. The van der Waals surface area contributed by atoms with E-state index in [9.17, 15) is 0 Å². The molecule has 1 saturated heterocycles. The van der Waals surface area contributed by atoms with Crippen molar-refractivity contribution in [2.24, 2.45) is 0 Å². The highest BCUT2D eigenvalue weighted by Gasteiger charge is 2.22. The molecule has 0 atom stereocenters. The molecule has 0 aliphatic carbocycles. The van der Waals surface area contributed by atoms with Gasteiger partial charge in [0.15, 0.2) is 17.2 Å². The standard InChI is InChI=1S/C25H22N6O2/c1-17-5-4-6-18(13-17)19-15-27-31(16-19)25-28-21-14-22(20-7-2-3-8-26-20)33-23(21)24(29-25)30-9-11-32-12-10-30/h2-8,13-16H,9-12H2,1H3. The van der Waals surface area contributed by atoms with E-state index in [0.717, 1.165) is 41.2 Å². The van der Waals surface area contributed by atoms with E-state index in [1.54, 1.807) is 10.9 Å². The summed E-state index contributed by atoms with van der Waals surface area (Å²) in [4.78, 5) is 16.2. The molecule has 164 valence electrons. The van der Waals surface area contributed by atoms with Crippen molar-refractivity contribution in [1.82, 2.24) is 24.7 Å². The maximum Gasteiger partial charge on any atom is 0.253 e. The topological polar surface area (TPSA) is 82.1 Å². The fourth-order valence-corrected chi connectivity index (χ4v) is 4.04. The average Bonchev–Trinajstić information content (AvgIpc) is 3.52. The molecule has 1 fully saturated rings. The van der Waals surface area contributed by atoms with Crippen molar-refractivity contribution in [2.45, 2.75) is 6.92 Å². The molecule has 0 saturated carbocycles. The Labute approximate surface area is 190 Å². The lowest BCUT2D eigenvalue weighted by Gasteiger charge is -2.27. The molecule has 8 nitrogen and oxygen atoms in total. The molecule has 1 aliphatic heterocycles. The van der Waals surface area contributed by atoms with Crippen molar-refractivity contribution in [1.29, 1.82) is 0 Å². The van der Waals surface area contributed by atoms with Crippen LogP contribution in [0.5, 0.6) is 0 Å². The summed E-state index contributed by atoms with van der Waals surface area (Å²) in [6.45, 7) is 4.84. The molecule has 0 N–H and O–H groups in total. The fraction of sp³-hybridized carbons (Fsp3) is 0.200. The maximum atomic E-state index is 6.22. The van der Waals surface area contributed by atoms with Gasteiger partial charge in [-0.05, 0) is 24.6 Å². The largest absolute Gasteiger partial charge is 0.449 e. The molecular weight excluding hydrogens is 416 g/mol. The summed E-state index contributed by atoms with van der Waals surface area (Å²) in [7, 11) is 0. The van der Waals surface area contributed by atoms with Gasteiger partial charge in [0.1, 0.15) is 11.2 Å². The van der Waals surface area contributed by atoms with Gasteiger partial charge in [-0.15, -0.1) is 0 Å². The third-order valence-electron chi connectivity index (χ3n) is 5.71. The van der Waals surface area contributed by atoms with Crippen molar-refractivity contribution >= 4 is 16.9 Å². The second-order valence-corrected chi connectivity index (χ2v) is 8.03. The molecule has 5 aromatic rings. The number of hydrogen-bond acceptors (Lipinski definition) is 7.